The predicted molar refractivity (Wildman–Crippen MR) is 103 cm³/mol. The Hall–Kier alpha value is -1.63. The molecule has 1 aromatic carbocycles. The van der Waals surface area contributed by atoms with Crippen molar-refractivity contribution in [1.29, 1.82) is 0 Å². The van der Waals surface area contributed by atoms with Crippen LogP contribution in [0.1, 0.15) is 39.2 Å². The summed E-state index contributed by atoms with van der Waals surface area (Å²) >= 11 is 0. The van der Waals surface area contributed by atoms with Gasteiger partial charge in [-0.1, -0.05) is 30.3 Å². The van der Waals surface area contributed by atoms with Gasteiger partial charge in [-0.2, -0.15) is 0 Å². The van der Waals surface area contributed by atoms with E-state index in [0.29, 0.717) is 6.54 Å². The maximum absolute atomic E-state index is 12.3. The fourth-order valence-electron chi connectivity index (χ4n) is 4.02. The van der Waals surface area contributed by atoms with Gasteiger partial charge in [-0.15, -0.1) is 0 Å². The van der Waals surface area contributed by atoms with E-state index in [4.69, 9.17) is 9.47 Å². The molecule has 2 aliphatic heterocycles. The third-order valence-electron chi connectivity index (χ3n) is 5.21. The van der Waals surface area contributed by atoms with Gasteiger partial charge in [0, 0.05) is 32.8 Å². The minimum Gasteiger partial charge on any atom is -0.444 e. The Balaban J connectivity index is 1.62. The molecule has 2 atom stereocenters. The number of aliphatic hydroxyl groups excluding tert-OH is 1. The smallest absolute Gasteiger partial charge is 0.412 e. The highest BCUT2D eigenvalue weighted by atomic mass is 16.6. The summed E-state index contributed by atoms with van der Waals surface area (Å²) in [5.41, 5.74) is 0.446. The van der Waals surface area contributed by atoms with Gasteiger partial charge in [0.25, 0.3) is 0 Å². The van der Waals surface area contributed by atoms with Crippen LogP contribution < -0.4 is 0 Å². The fraction of sp³-hybridized carbons (Fsp3) is 0.667. The zero-order valence-corrected chi connectivity index (χ0v) is 16.7. The van der Waals surface area contributed by atoms with Crippen molar-refractivity contribution in [2.45, 2.75) is 51.4 Å². The van der Waals surface area contributed by atoms with Gasteiger partial charge in [0.2, 0.25) is 0 Å². The third kappa shape index (κ3) is 5.43. The minimum atomic E-state index is -0.508. The summed E-state index contributed by atoms with van der Waals surface area (Å²) in [5.74, 6) is 0.190. The Kier molecular flexibility index (Phi) is 6.08. The van der Waals surface area contributed by atoms with Crippen LogP contribution >= 0.6 is 0 Å². The van der Waals surface area contributed by atoms with Gasteiger partial charge in [0.1, 0.15) is 12.3 Å². The van der Waals surface area contributed by atoms with Gasteiger partial charge in [-0.05, 0) is 45.1 Å². The quantitative estimate of drug-likeness (QED) is 0.879. The van der Waals surface area contributed by atoms with Crippen molar-refractivity contribution in [3.8, 4) is 0 Å². The Morgan fingerprint density at radius 3 is 2.67 bits per heavy atom. The van der Waals surface area contributed by atoms with Crippen molar-refractivity contribution in [1.82, 2.24) is 9.80 Å². The Bertz CT molecular complexity index is 621. The van der Waals surface area contributed by atoms with Crippen molar-refractivity contribution in [3.05, 3.63) is 35.9 Å². The van der Waals surface area contributed by atoms with E-state index in [1.165, 1.54) is 5.56 Å². The molecule has 2 unspecified atom stereocenters. The summed E-state index contributed by atoms with van der Waals surface area (Å²) in [7, 11) is 0. The zero-order chi connectivity index (χ0) is 19.5. The summed E-state index contributed by atoms with van der Waals surface area (Å²) in [6.07, 6.45) is 1.26. The van der Waals surface area contributed by atoms with E-state index in [1.807, 2.05) is 39.0 Å². The topological polar surface area (TPSA) is 62.2 Å². The molecule has 0 aromatic heterocycles. The molecule has 150 valence electrons. The minimum absolute atomic E-state index is 0.159. The first-order chi connectivity index (χ1) is 12.8. The van der Waals surface area contributed by atoms with E-state index in [9.17, 15) is 9.90 Å². The summed E-state index contributed by atoms with van der Waals surface area (Å²) in [6, 6.07) is 10.4. The van der Waals surface area contributed by atoms with E-state index in [0.717, 1.165) is 32.5 Å². The van der Waals surface area contributed by atoms with Crippen LogP contribution in [0.2, 0.25) is 0 Å². The molecule has 2 aliphatic rings. The number of likely N-dealkylation sites (tertiary alicyclic amines) is 1. The van der Waals surface area contributed by atoms with E-state index >= 15 is 0 Å². The van der Waals surface area contributed by atoms with Gasteiger partial charge in [0.05, 0.1) is 5.60 Å². The average Bonchev–Trinajstić information content (AvgIpc) is 2.61. The van der Waals surface area contributed by atoms with E-state index in [2.05, 4.69) is 17.0 Å². The zero-order valence-electron chi connectivity index (χ0n) is 16.7. The van der Waals surface area contributed by atoms with Crippen LogP contribution in [0.25, 0.3) is 0 Å². The monoisotopic (exact) mass is 376 g/mol. The molecule has 0 aliphatic carbocycles. The number of carbonyl (C=O) groups is 1. The lowest BCUT2D eigenvalue weighted by molar-refractivity contribution is -0.172. The van der Waals surface area contributed by atoms with E-state index in [1.54, 1.807) is 4.90 Å². The number of benzene rings is 1. The summed E-state index contributed by atoms with van der Waals surface area (Å²) in [6.45, 7) is 9.15. The van der Waals surface area contributed by atoms with E-state index in [-0.39, 0.29) is 30.9 Å². The second-order valence-electron chi connectivity index (χ2n) is 8.86. The summed E-state index contributed by atoms with van der Waals surface area (Å²) in [5, 5.41) is 9.79. The molecule has 2 fully saturated rings. The van der Waals surface area contributed by atoms with Crippen molar-refractivity contribution in [2.24, 2.45) is 5.92 Å². The fourth-order valence-corrected chi connectivity index (χ4v) is 4.02. The molecular formula is C21H32N2O4. The number of hydrogen-bond donors (Lipinski definition) is 1. The highest BCUT2D eigenvalue weighted by Crippen LogP contribution is 2.35. The number of nitrogens with zero attached hydrogens (tertiary/aromatic N) is 2. The molecule has 1 spiro atoms. The number of amides is 1. The molecule has 27 heavy (non-hydrogen) atoms. The molecule has 0 radical (unpaired) electrons. The Morgan fingerprint density at radius 1 is 1.33 bits per heavy atom. The molecule has 6 nitrogen and oxygen atoms in total. The Labute approximate surface area is 162 Å². The second-order valence-corrected chi connectivity index (χ2v) is 8.86. The van der Waals surface area contributed by atoms with Gasteiger partial charge in [0.15, 0.2) is 0 Å². The third-order valence-corrected chi connectivity index (χ3v) is 5.21. The van der Waals surface area contributed by atoms with Crippen molar-refractivity contribution < 1.29 is 19.4 Å². The molecule has 6 heteroatoms. The number of ether oxygens (including phenoxy) is 2. The van der Waals surface area contributed by atoms with Gasteiger partial charge < -0.3 is 14.6 Å². The summed E-state index contributed by atoms with van der Waals surface area (Å²) in [4.78, 5) is 16.3. The van der Waals surface area contributed by atoms with E-state index < -0.39 is 5.60 Å². The van der Waals surface area contributed by atoms with Gasteiger partial charge in [-0.3, -0.25) is 9.80 Å². The lowest BCUT2D eigenvalue weighted by Crippen LogP contribution is -2.59. The van der Waals surface area contributed by atoms with Crippen LogP contribution in [0.5, 0.6) is 0 Å². The first-order valence-corrected chi connectivity index (χ1v) is 9.78. The first kappa shape index (κ1) is 20.1. The molecule has 1 N–H and O–H groups in total. The van der Waals surface area contributed by atoms with Crippen LogP contribution in [-0.2, 0) is 16.0 Å². The van der Waals surface area contributed by atoms with Gasteiger partial charge >= 0.3 is 6.09 Å². The lowest BCUT2D eigenvalue weighted by Gasteiger charge is -2.49. The SMILES string of the molecule is CC(C)(C)OC(=O)N1CCC2(CC(CO)CN(Cc3ccccc3)C2)OC1. The molecular weight excluding hydrogens is 344 g/mol. The van der Waals surface area contributed by atoms with Gasteiger partial charge in [-0.25, -0.2) is 4.79 Å². The molecule has 3 rings (SSSR count). The molecule has 2 saturated heterocycles. The Morgan fingerprint density at radius 2 is 2.07 bits per heavy atom. The molecule has 1 amide bonds. The number of aliphatic hydroxyl groups is 1. The largest absolute Gasteiger partial charge is 0.444 e. The summed E-state index contributed by atoms with van der Waals surface area (Å²) < 4.78 is 11.7. The average molecular weight is 376 g/mol. The molecule has 0 saturated carbocycles. The predicted octanol–water partition coefficient (Wildman–Crippen LogP) is 2.85. The number of rotatable bonds is 3. The van der Waals surface area contributed by atoms with Crippen LogP contribution in [0.3, 0.4) is 0 Å². The molecule has 0 bridgehead atoms. The normalized spacial score (nSPS) is 27.0. The first-order valence-electron chi connectivity index (χ1n) is 9.78. The van der Waals surface area contributed by atoms with Crippen molar-refractivity contribution in [3.63, 3.8) is 0 Å². The highest BCUT2D eigenvalue weighted by molar-refractivity contribution is 5.68. The van der Waals surface area contributed by atoms with Crippen molar-refractivity contribution in [2.75, 3.05) is 33.0 Å². The molecule has 1 aromatic rings. The van der Waals surface area contributed by atoms with Crippen LogP contribution in [0.15, 0.2) is 30.3 Å². The van der Waals surface area contributed by atoms with Crippen molar-refractivity contribution >= 4 is 6.09 Å². The van der Waals surface area contributed by atoms with Crippen LogP contribution in [-0.4, -0.2) is 65.2 Å². The number of carbonyl (C=O) groups excluding carboxylic acids is 1. The van der Waals surface area contributed by atoms with Crippen LogP contribution in [0.4, 0.5) is 4.79 Å². The second kappa shape index (κ2) is 8.17. The standard InChI is InChI=1S/C21H32N2O4/c1-20(2,3)27-19(25)23-10-9-21(26-16-23)11-18(14-24)13-22(15-21)12-17-7-5-4-6-8-17/h4-8,18,24H,9-16H2,1-3H3. The highest BCUT2D eigenvalue weighted by Gasteiger charge is 2.44. The number of piperidine rings is 1. The maximum Gasteiger partial charge on any atom is 0.412 e. The number of hydrogen-bond acceptors (Lipinski definition) is 5. The van der Waals surface area contributed by atoms with Crippen LogP contribution in [0, 0.1) is 5.92 Å². The maximum atomic E-state index is 12.3. The molecule has 2 heterocycles. The lowest BCUT2D eigenvalue weighted by atomic mass is 9.82.